The van der Waals surface area contributed by atoms with Gasteiger partial charge in [-0.1, -0.05) is 75.8 Å². The summed E-state index contributed by atoms with van der Waals surface area (Å²) in [5.41, 5.74) is 3.69. The van der Waals surface area contributed by atoms with Gasteiger partial charge in [0, 0.05) is 51.3 Å². The first-order chi connectivity index (χ1) is 19.6. The molecular weight excluding hydrogens is 501 g/mol. The van der Waals surface area contributed by atoms with Crippen molar-refractivity contribution in [1.82, 2.24) is 15.1 Å². The summed E-state index contributed by atoms with van der Waals surface area (Å²) < 4.78 is 19.6. The molecule has 3 heterocycles. The molecule has 2 saturated heterocycles. The fraction of sp³-hybridized carbons (Fsp3) is 0.618. The number of esters is 1. The van der Waals surface area contributed by atoms with Gasteiger partial charge >= 0.3 is 5.97 Å². The van der Waals surface area contributed by atoms with Gasteiger partial charge in [-0.2, -0.15) is 0 Å². The highest BCUT2D eigenvalue weighted by molar-refractivity contribution is 5.69. The van der Waals surface area contributed by atoms with Crippen molar-refractivity contribution in [2.24, 2.45) is 5.92 Å². The van der Waals surface area contributed by atoms with Crippen LogP contribution in [0.4, 0.5) is 4.39 Å². The highest BCUT2D eigenvalue weighted by Gasteiger charge is 2.43. The molecular formula is C34H50FN3O2. The molecule has 6 heteroatoms. The average Bonchev–Trinajstić information content (AvgIpc) is 3.27. The SMILES string of the molecule is CCCCCCCCCC(=O)OC(CCCN1CCC2C(C1)/C1=C/C=C\CCN2\C1=C/NC)c1ccc(F)cc1. The molecule has 2 fully saturated rings. The zero-order valence-corrected chi connectivity index (χ0v) is 24.8. The summed E-state index contributed by atoms with van der Waals surface area (Å²) in [7, 11) is 1.98. The number of nitrogens with zero attached hydrogens (tertiary/aromatic N) is 2. The van der Waals surface area contributed by atoms with Gasteiger partial charge in [0.25, 0.3) is 0 Å². The first kappa shape index (κ1) is 30.4. The van der Waals surface area contributed by atoms with Gasteiger partial charge < -0.3 is 19.9 Å². The molecule has 0 amide bonds. The first-order valence-electron chi connectivity index (χ1n) is 15.8. The number of carbonyl (C=O) groups excluding carboxylic acids is 1. The van der Waals surface area contributed by atoms with Crippen molar-refractivity contribution >= 4 is 5.97 Å². The monoisotopic (exact) mass is 551 g/mol. The normalized spacial score (nSPS) is 24.5. The fourth-order valence-electron chi connectivity index (χ4n) is 6.62. The molecule has 3 atom stereocenters. The summed E-state index contributed by atoms with van der Waals surface area (Å²) in [6.07, 6.45) is 21.3. The molecule has 4 rings (SSSR count). The van der Waals surface area contributed by atoms with Gasteiger partial charge in [0.15, 0.2) is 0 Å². The number of allylic oxidation sites excluding steroid dienone is 3. The molecule has 5 nitrogen and oxygen atoms in total. The van der Waals surface area contributed by atoms with Crippen molar-refractivity contribution in [3.8, 4) is 0 Å². The Balaban J connectivity index is 1.29. The molecule has 0 saturated carbocycles. The maximum atomic E-state index is 13.6. The fourth-order valence-corrected chi connectivity index (χ4v) is 6.62. The van der Waals surface area contributed by atoms with Crippen LogP contribution >= 0.6 is 0 Å². The number of halogens is 1. The third-order valence-electron chi connectivity index (χ3n) is 8.74. The number of benzene rings is 1. The molecule has 3 aliphatic heterocycles. The number of hydrogen-bond acceptors (Lipinski definition) is 5. The Hall–Kier alpha value is -2.60. The third kappa shape index (κ3) is 8.45. The van der Waals surface area contributed by atoms with Crippen LogP contribution < -0.4 is 5.32 Å². The molecule has 0 spiro atoms. The highest BCUT2D eigenvalue weighted by atomic mass is 19.1. The number of carbonyl (C=O) groups is 1. The van der Waals surface area contributed by atoms with Crippen LogP contribution in [0.2, 0.25) is 0 Å². The van der Waals surface area contributed by atoms with Crippen molar-refractivity contribution < 1.29 is 13.9 Å². The van der Waals surface area contributed by atoms with Gasteiger partial charge in [-0.15, -0.1) is 0 Å². The highest BCUT2D eigenvalue weighted by Crippen LogP contribution is 2.42. The van der Waals surface area contributed by atoms with Gasteiger partial charge in [0.05, 0.1) is 5.70 Å². The summed E-state index contributed by atoms with van der Waals surface area (Å²) in [5, 5.41) is 3.27. The largest absolute Gasteiger partial charge is 0.457 e. The van der Waals surface area contributed by atoms with Crippen molar-refractivity contribution in [2.45, 2.75) is 96.1 Å². The van der Waals surface area contributed by atoms with Crippen molar-refractivity contribution in [2.75, 3.05) is 33.2 Å². The quantitative estimate of drug-likeness (QED) is 0.183. The van der Waals surface area contributed by atoms with E-state index >= 15 is 0 Å². The summed E-state index contributed by atoms with van der Waals surface area (Å²) >= 11 is 0. The second kappa shape index (κ2) is 16.0. The summed E-state index contributed by atoms with van der Waals surface area (Å²) in [6, 6.07) is 7.03. The Kier molecular flexibility index (Phi) is 12.1. The van der Waals surface area contributed by atoms with Crippen molar-refractivity contribution in [3.05, 3.63) is 71.3 Å². The molecule has 1 aromatic rings. The predicted molar refractivity (Wildman–Crippen MR) is 161 cm³/mol. The molecule has 0 aromatic heterocycles. The maximum absolute atomic E-state index is 13.6. The van der Waals surface area contributed by atoms with E-state index in [2.05, 4.69) is 46.5 Å². The Morgan fingerprint density at radius 1 is 1.10 bits per heavy atom. The van der Waals surface area contributed by atoms with Gasteiger partial charge in [-0.25, -0.2) is 4.39 Å². The van der Waals surface area contributed by atoms with Crippen LogP contribution in [0.5, 0.6) is 0 Å². The lowest BCUT2D eigenvalue weighted by atomic mass is 9.88. The number of likely N-dealkylation sites (tertiary alicyclic amines) is 1. The standard InChI is InChI=1S/C34H50FN3O2/c1-3-4-5-6-7-8-11-16-34(39)40-33(27-17-19-28(35)20-18-27)15-13-22-37-24-21-31-30(26-37)29-14-10-9-12-23-38(31)32(29)25-36-2/h9-10,14,17-20,25,30-31,33,36H,3-8,11-13,15-16,21-24,26H2,1-2H3/b10-9-,29-14-,32-25-. The van der Waals surface area contributed by atoms with E-state index in [4.69, 9.17) is 4.74 Å². The van der Waals surface area contributed by atoms with E-state index in [0.717, 1.165) is 70.3 Å². The van der Waals surface area contributed by atoms with E-state index in [-0.39, 0.29) is 17.9 Å². The predicted octanol–water partition coefficient (Wildman–Crippen LogP) is 7.28. The molecule has 0 aliphatic carbocycles. The van der Waals surface area contributed by atoms with Gasteiger partial charge in [0.1, 0.15) is 11.9 Å². The third-order valence-corrected chi connectivity index (χ3v) is 8.74. The smallest absolute Gasteiger partial charge is 0.306 e. The molecule has 40 heavy (non-hydrogen) atoms. The Bertz CT molecular complexity index is 1020. The Morgan fingerprint density at radius 2 is 1.88 bits per heavy atom. The first-order valence-corrected chi connectivity index (χ1v) is 15.8. The average molecular weight is 552 g/mol. The number of ether oxygens (including phenoxy) is 1. The van der Waals surface area contributed by atoms with Crippen LogP contribution in [0.1, 0.15) is 95.6 Å². The molecule has 0 radical (unpaired) electrons. The lowest BCUT2D eigenvalue weighted by Crippen LogP contribution is -2.46. The minimum atomic E-state index is -0.322. The number of rotatable bonds is 15. The molecule has 3 unspecified atom stereocenters. The molecule has 1 N–H and O–H groups in total. The van der Waals surface area contributed by atoms with E-state index in [1.807, 2.05) is 7.05 Å². The summed E-state index contributed by atoms with van der Waals surface area (Å²) in [5.74, 6) is 0.121. The van der Waals surface area contributed by atoms with E-state index in [1.54, 1.807) is 12.1 Å². The molecule has 220 valence electrons. The lowest BCUT2D eigenvalue weighted by molar-refractivity contribution is -0.150. The van der Waals surface area contributed by atoms with Crippen LogP contribution in [0, 0.1) is 11.7 Å². The minimum absolute atomic E-state index is 0.132. The van der Waals surface area contributed by atoms with Crippen LogP contribution in [-0.4, -0.2) is 55.0 Å². The number of hydrogen-bond donors (Lipinski definition) is 1. The zero-order chi connectivity index (χ0) is 28.2. The van der Waals surface area contributed by atoms with Gasteiger partial charge in [-0.3, -0.25) is 4.79 Å². The summed E-state index contributed by atoms with van der Waals surface area (Å²) in [6.45, 7) is 6.42. The van der Waals surface area contributed by atoms with E-state index in [9.17, 15) is 9.18 Å². The van der Waals surface area contributed by atoms with Crippen LogP contribution in [0.3, 0.4) is 0 Å². The van der Waals surface area contributed by atoms with Crippen molar-refractivity contribution in [3.63, 3.8) is 0 Å². The van der Waals surface area contributed by atoms with Gasteiger partial charge in [0.2, 0.25) is 0 Å². The van der Waals surface area contributed by atoms with E-state index in [1.165, 1.54) is 55.5 Å². The minimum Gasteiger partial charge on any atom is -0.457 e. The van der Waals surface area contributed by atoms with Crippen LogP contribution in [0.15, 0.2) is 60.0 Å². The van der Waals surface area contributed by atoms with E-state index in [0.29, 0.717) is 18.4 Å². The van der Waals surface area contributed by atoms with Crippen LogP contribution in [0.25, 0.3) is 0 Å². The van der Waals surface area contributed by atoms with Crippen molar-refractivity contribution in [1.29, 1.82) is 0 Å². The second-order valence-corrected chi connectivity index (χ2v) is 11.7. The molecule has 1 aromatic carbocycles. The zero-order valence-electron chi connectivity index (χ0n) is 24.8. The molecule has 3 aliphatic rings. The number of nitrogens with one attached hydrogen (secondary N) is 1. The van der Waals surface area contributed by atoms with Gasteiger partial charge in [-0.05, 0) is 61.9 Å². The second-order valence-electron chi connectivity index (χ2n) is 11.7. The lowest BCUT2D eigenvalue weighted by Gasteiger charge is -2.38. The number of unbranched alkanes of at least 4 members (excludes halogenated alkanes) is 6. The number of fused-ring (bicyclic) bond motifs is 5. The summed E-state index contributed by atoms with van der Waals surface area (Å²) in [4.78, 5) is 17.9. The molecule has 2 bridgehead atoms. The Morgan fingerprint density at radius 3 is 2.65 bits per heavy atom. The topological polar surface area (TPSA) is 44.8 Å². The van der Waals surface area contributed by atoms with E-state index < -0.39 is 0 Å². The Labute approximate surface area is 241 Å². The number of piperidine rings is 1. The van der Waals surface area contributed by atoms with Crippen LogP contribution in [-0.2, 0) is 9.53 Å². The maximum Gasteiger partial charge on any atom is 0.306 e.